The summed E-state index contributed by atoms with van der Waals surface area (Å²) >= 11 is 0. The van der Waals surface area contributed by atoms with Crippen LogP contribution in [0, 0.1) is 0 Å². The first kappa shape index (κ1) is 21.3. The molecule has 0 radical (unpaired) electrons. The summed E-state index contributed by atoms with van der Waals surface area (Å²) in [6, 6.07) is 23.9. The molecule has 3 aliphatic rings. The summed E-state index contributed by atoms with van der Waals surface area (Å²) < 4.78 is 6.54. The summed E-state index contributed by atoms with van der Waals surface area (Å²) in [7, 11) is -0.882. The highest BCUT2D eigenvalue weighted by Crippen LogP contribution is 2.77. The van der Waals surface area contributed by atoms with Crippen LogP contribution >= 0.6 is 10.0 Å². The van der Waals surface area contributed by atoms with E-state index in [2.05, 4.69) is 111 Å². The highest BCUT2D eigenvalue weighted by molar-refractivity contribution is 8.37. The highest BCUT2D eigenvalue weighted by Gasteiger charge is 2.43. The molecule has 3 aromatic carbocycles. The summed E-state index contributed by atoms with van der Waals surface area (Å²) in [6.45, 7) is 8.87. The second-order valence-electron chi connectivity index (χ2n) is 9.61. The van der Waals surface area contributed by atoms with Crippen LogP contribution in [-0.2, 0) is 0 Å². The molecule has 3 aromatic rings. The average Bonchev–Trinajstić information content (AvgIpc) is 2.99. The molecule has 0 bridgehead atoms. The quantitative estimate of drug-likeness (QED) is 0.377. The van der Waals surface area contributed by atoms with Gasteiger partial charge in [-0.3, -0.25) is 0 Å². The van der Waals surface area contributed by atoms with Gasteiger partial charge in [-0.2, -0.15) is 10.0 Å². The molecule has 0 fully saturated rings. The van der Waals surface area contributed by atoms with Crippen LogP contribution in [0.2, 0.25) is 0 Å². The van der Waals surface area contributed by atoms with Gasteiger partial charge in [-0.15, -0.1) is 0 Å². The number of fused-ring (bicyclic) bond motifs is 5. The molecule has 0 aromatic heterocycles. The van der Waals surface area contributed by atoms with Crippen molar-refractivity contribution in [2.75, 3.05) is 6.26 Å². The van der Waals surface area contributed by atoms with Crippen LogP contribution in [0.15, 0.2) is 113 Å². The number of rotatable bonds is 3. The van der Waals surface area contributed by atoms with Crippen molar-refractivity contribution in [2.24, 2.45) is 0 Å². The number of ether oxygens (including phenoxy) is 1. The van der Waals surface area contributed by atoms with Gasteiger partial charge >= 0.3 is 0 Å². The summed E-state index contributed by atoms with van der Waals surface area (Å²) in [5.41, 5.74) is 8.70. The summed E-state index contributed by atoms with van der Waals surface area (Å²) in [5, 5.41) is 3.08. The van der Waals surface area contributed by atoms with E-state index in [1.807, 2.05) is 6.07 Å². The monoisotopic (exact) mass is 462 g/mol. The van der Waals surface area contributed by atoms with Crippen LogP contribution in [0.3, 0.4) is 0 Å². The van der Waals surface area contributed by atoms with Crippen LogP contribution < -0.4 is 4.74 Å². The van der Waals surface area contributed by atoms with Gasteiger partial charge in [-0.1, -0.05) is 93.3 Å². The Morgan fingerprint density at radius 2 is 1.76 bits per heavy atom. The molecule has 3 heterocycles. The van der Waals surface area contributed by atoms with Crippen molar-refractivity contribution in [3.63, 3.8) is 0 Å². The SMILES string of the molecule is C=C1Oc2c(-c3ccccc3)cccc2C(C)C=C1c1ccc2c(c1)C1C=CC(CC)=CS21C. The van der Waals surface area contributed by atoms with E-state index in [4.69, 9.17) is 4.74 Å². The lowest BCUT2D eigenvalue weighted by molar-refractivity contribution is 0.450. The van der Waals surface area contributed by atoms with Gasteiger partial charge in [0.05, 0.1) is 0 Å². The third kappa shape index (κ3) is 3.16. The molecule has 34 heavy (non-hydrogen) atoms. The topological polar surface area (TPSA) is 9.23 Å². The zero-order chi connectivity index (χ0) is 23.4. The minimum atomic E-state index is -0.882. The zero-order valence-electron chi connectivity index (χ0n) is 20.0. The van der Waals surface area contributed by atoms with E-state index in [-0.39, 0.29) is 5.92 Å². The molecule has 170 valence electrons. The maximum absolute atomic E-state index is 6.54. The van der Waals surface area contributed by atoms with E-state index in [1.165, 1.54) is 27.2 Å². The Hall–Kier alpha value is -3.23. The van der Waals surface area contributed by atoms with Gasteiger partial charge in [0, 0.05) is 27.9 Å². The smallest absolute Gasteiger partial charge is 0.139 e. The summed E-state index contributed by atoms with van der Waals surface area (Å²) in [6.07, 6.45) is 10.6. The van der Waals surface area contributed by atoms with E-state index in [0.29, 0.717) is 5.25 Å². The van der Waals surface area contributed by atoms with E-state index >= 15 is 0 Å². The van der Waals surface area contributed by atoms with Gasteiger partial charge in [-0.25, -0.2) is 0 Å². The maximum Gasteiger partial charge on any atom is 0.139 e. The Kier molecular flexibility index (Phi) is 4.97. The van der Waals surface area contributed by atoms with Crippen LogP contribution in [-0.4, -0.2) is 6.26 Å². The van der Waals surface area contributed by atoms with Gasteiger partial charge in [0.1, 0.15) is 11.5 Å². The Labute approximate surface area is 204 Å². The first-order valence-electron chi connectivity index (χ1n) is 12.1. The molecule has 6 rings (SSSR count). The number of hydrogen-bond acceptors (Lipinski definition) is 1. The molecular weight excluding hydrogens is 432 g/mol. The fourth-order valence-corrected chi connectivity index (χ4v) is 9.01. The molecule has 0 aliphatic carbocycles. The van der Waals surface area contributed by atoms with Gasteiger partial charge in [0.25, 0.3) is 0 Å². The minimum Gasteiger partial charge on any atom is -0.456 e. The molecule has 1 nitrogen and oxygen atoms in total. The minimum absolute atomic E-state index is 0.222. The molecule has 3 unspecified atom stereocenters. The fourth-order valence-electron chi connectivity index (χ4n) is 5.59. The van der Waals surface area contributed by atoms with Crippen molar-refractivity contribution in [2.45, 2.75) is 36.3 Å². The van der Waals surface area contributed by atoms with Crippen molar-refractivity contribution >= 4 is 15.6 Å². The molecule has 3 aliphatic heterocycles. The van der Waals surface area contributed by atoms with Crippen LogP contribution in [0.1, 0.15) is 48.1 Å². The summed E-state index contributed by atoms with van der Waals surface area (Å²) in [4.78, 5) is 1.53. The average molecular weight is 463 g/mol. The molecule has 2 heteroatoms. The number of hydrogen-bond donors (Lipinski definition) is 0. The van der Waals surface area contributed by atoms with Crippen molar-refractivity contribution in [3.05, 3.63) is 125 Å². The molecule has 0 saturated carbocycles. The van der Waals surface area contributed by atoms with Crippen molar-refractivity contribution < 1.29 is 4.74 Å². The molecule has 0 N–H and O–H groups in total. The second-order valence-corrected chi connectivity index (χ2v) is 12.9. The van der Waals surface area contributed by atoms with Crippen LogP contribution in [0.5, 0.6) is 5.75 Å². The third-order valence-electron chi connectivity index (χ3n) is 7.48. The Balaban J connectivity index is 1.38. The van der Waals surface area contributed by atoms with Gasteiger partial charge in [-0.05, 0) is 57.4 Å². The zero-order valence-corrected chi connectivity index (χ0v) is 20.9. The Morgan fingerprint density at radius 3 is 2.56 bits per heavy atom. The molecule has 0 amide bonds. The van der Waals surface area contributed by atoms with Gasteiger partial charge in [0.2, 0.25) is 0 Å². The predicted octanol–water partition coefficient (Wildman–Crippen LogP) is 9.16. The van der Waals surface area contributed by atoms with Crippen LogP contribution in [0.4, 0.5) is 0 Å². The van der Waals surface area contributed by atoms with Crippen LogP contribution in [0.25, 0.3) is 16.7 Å². The Morgan fingerprint density at radius 1 is 0.941 bits per heavy atom. The largest absolute Gasteiger partial charge is 0.456 e. The first-order chi connectivity index (χ1) is 16.5. The maximum atomic E-state index is 6.54. The van der Waals surface area contributed by atoms with E-state index in [1.54, 1.807) is 0 Å². The first-order valence-corrected chi connectivity index (χ1v) is 14.2. The van der Waals surface area contributed by atoms with Crippen molar-refractivity contribution in [1.29, 1.82) is 0 Å². The molecule has 0 spiro atoms. The van der Waals surface area contributed by atoms with Gasteiger partial charge < -0.3 is 4.74 Å². The van der Waals surface area contributed by atoms with Crippen molar-refractivity contribution in [3.8, 4) is 16.9 Å². The summed E-state index contributed by atoms with van der Waals surface area (Å²) in [5.74, 6) is 1.86. The predicted molar refractivity (Wildman–Crippen MR) is 147 cm³/mol. The lowest BCUT2D eigenvalue weighted by atomic mass is 9.92. The molecule has 0 saturated heterocycles. The van der Waals surface area contributed by atoms with Gasteiger partial charge in [0.15, 0.2) is 0 Å². The third-order valence-corrected chi connectivity index (χ3v) is 11.1. The molecular formula is C32H30OS. The standard InChI is InChI=1S/C32H30OS/c1-5-23-14-16-30-29-19-25(15-17-31(29)34(30,4)20-23)28-18-21(2)26-12-9-13-27(32(26)33-22(28)3)24-10-7-6-8-11-24/h6-21,30H,3,5H2,1-2,4H3. The number of allylic oxidation sites excluding steroid dienone is 4. The fraction of sp³-hybridized carbons (Fsp3) is 0.188. The second kappa shape index (κ2) is 7.92. The number of para-hydroxylation sites is 1. The van der Waals surface area contributed by atoms with E-state index in [9.17, 15) is 0 Å². The Bertz CT molecular complexity index is 1410. The van der Waals surface area contributed by atoms with Crippen molar-refractivity contribution in [1.82, 2.24) is 0 Å². The highest BCUT2D eigenvalue weighted by atomic mass is 32.3. The normalized spacial score (nSPS) is 26.4. The van der Waals surface area contributed by atoms with E-state index in [0.717, 1.165) is 34.6 Å². The lowest BCUT2D eigenvalue weighted by Crippen LogP contribution is -2.22. The van der Waals surface area contributed by atoms with E-state index < -0.39 is 10.0 Å². The number of benzene rings is 3. The molecule has 3 atom stereocenters. The lowest BCUT2D eigenvalue weighted by Gasteiger charge is -2.53.